The smallest absolute Gasteiger partial charge is 0.208 e. The monoisotopic (exact) mass is 354 g/mol. The Morgan fingerprint density at radius 1 is 0.769 bits per heavy atom. The Bertz CT molecular complexity index is 1140. The molecule has 26 heavy (non-hydrogen) atoms. The maximum Gasteiger partial charge on any atom is 0.208 e. The molecule has 0 aliphatic carbocycles. The lowest BCUT2D eigenvalue weighted by Crippen LogP contribution is -1.85. The van der Waals surface area contributed by atoms with Gasteiger partial charge in [-0.25, -0.2) is 0 Å². The highest BCUT2D eigenvalue weighted by Gasteiger charge is 2.26. The van der Waals surface area contributed by atoms with E-state index in [-0.39, 0.29) is 11.1 Å². The van der Waals surface area contributed by atoms with Crippen molar-refractivity contribution in [2.75, 3.05) is 7.11 Å². The lowest BCUT2D eigenvalue weighted by Gasteiger charge is -2.12. The zero-order chi connectivity index (χ0) is 18.6. The van der Waals surface area contributed by atoms with Crippen LogP contribution in [0.5, 0.6) is 34.5 Å². The number of phenols is 5. The van der Waals surface area contributed by atoms with Crippen LogP contribution in [0.1, 0.15) is 0 Å². The highest BCUT2D eigenvalue weighted by Crippen LogP contribution is 2.56. The molecule has 1 aromatic heterocycles. The van der Waals surface area contributed by atoms with Gasteiger partial charge in [0.05, 0.1) is 18.1 Å². The van der Waals surface area contributed by atoms with Crippen molar-refractivity contribution in [1.82, 2.24) is 0 Å². The maximum atomic E-state index is 10.2. The third-order valence-corrected chi connectivity index (χ3v) is 4.34. The number of phenolic OH excluding ortho intramolecular Hbond substituents is 5. The average molecular weight is 354 g/mol. The molecule has 3 aromatic carbocycles. The Morgan fingerprint density at radius 2 is 1.38 bits per heavy atom. The quantitative estimate of drug-likeness (QED) is 0.274. The van der Waals surface area contributed by atoms with E-state index in [0.29, 0.717) is 27.7 Å². The summed E-state index contributed by atoms with van der Waals surface area (Å²) < 4.78 is 11.2. The molecule has 0 saturated heterocycles. The van der Waals surface area contributed by atoms with E-state index in [1.165, 1.54) is 7.11 Å². The van der Waals surface area contributed by atoms with Crippen LogP contribution < -0.4 is 4.74 Å². The van der Waals surface area contributed by atoms with Crippen molar-refractivity contribution in [3.05, 3.63) is 36.4 Å². The zero-order valence-corrected chi connectivity index (χ0v) is 13.5. The first-order valence-electron chi connectivity index (χ1n) is 7.63. The number of hydrogen-bond donors (Lipinski definition) is 5. The minimum Gasteiger partial charge on any atom is -0.504 e. The molecular formula is C19H14O7. The van der Waals surface area contributed by atoms with Crippen LogP contribution in [0.4, 0.5) is 0 Å². The molecule has 7 heteroatoms. The van der Waals surface area contributed by atoms with Crippen molar-refractivity contribution in [3.8, 4) is 45.6 Å². The van der Waals surface area contributed by atoms with Gasteiger partial charge in [0, 0.05) is 10.9 Å². The van der Waals surface area contributed by atoms with Crippen LogP contribution in [-0.2, 0) is 0 Å². The highest BCUT2D eigenvalue weighted by molar-refractivity contribution is 6.13. The van der Waals surface area contributed by atoms with Crippen molar-refractivity contribution in [2.45, 2.75) is 0 Å². The van der Waals surface area contributed by atoms with E-state index in [9.17, 15) is 25.5 Å². The fourth-order valence-corrected chi connectivity index (χ4v) is 3.12. The van der Waals surface area contributed by atoms with E-state index in [1.807, 2.05) is 0 Å². The molecule has 0 saturated carbocycles. The Balaban J connectivity index is 2.15. The summed E-state index contributed by atoms with van der Waals surface area (Å²) in [5.74, 6) is -3.87. The van der Waals surface area contributed by atoms with E-state index >= 15 is 0 Å². The lowest BCUT2D eigenvalue weighted by molar-refractivity contribution is 0.330. The van der Waals surface area contributed by atoms with Gasteiger partial charge in [0.2, 0.25) is 17.2 Å². The molecule has 7 nitrogen and oxygen atoms in total. The molecule has 0 fully saturated rings. The van der Waals surface area contributed by atoms with E-state index < -0.39 is 28.7 Å². The number of furan rings is 1. The summed E-state index contributed by atoms with van der Waals surface area (Å²) in [6.45, 7) is 0. The Hall–Kier alpha value is -3.74. The van der Waals surface area contributed by atoms with Crippen LogP contribution >= 0.6 is 0 Å². The second kappa shape index (κ2) is 5.38. The fourth-order valence-electron chi connectivity index (χ4n) is 3.12. The number of aromatic hydroxyl groups is 5. The number of ether oxygens (including phenoxy) is 1. The van der Waals surface area contributed by atoms with Crippen LogP contribution in [0.2, 0.25) is 0 Å². The molecule has 0 unspecified atom stereocenters. The molecule has 0 aliphatic heterocycles. The van der Waals surface area contributed by atoms with Gasteiger partial charge < -0.3 is 34.7 Å². The van der Waals surface area contributed by atoms with Crippen LogP contribution in [0.3, 0.4) is 0 Å². The van der Waals surface area contributed by atoms with Gasteiger partial charge in [0.15, 0.2) is 11.5 Å². The first kappa shape index (κ1) is 15.8. The zero-order valence-electron chi connectivity index (χ0n) is 13.5. The summed E-state index contributed by atoms with van der Waals surface area (Å²) in [5.41, 5.74) is 0.794. The van der Waals surface area contributed by atoms with E-state index in [1.54, 1.807) is 36.4 Å². The normalized spacial score (nSPS) is 11.3. The topological polar surface area (TPSA) is 124 Å². The minimum atomic E-state index is -1.01. The van der Waals surface area contributed by atoms with Crippen molar-refractivity contribution < 1.29 is 34.7 Å². The van der Waals surface area contributed by atoms with Gasteiger partial charge in [-0.2, -0.15) is 0 Å². The van der Waals surface area contributed by atoms with Gasteiger partial charge in [0.25, 0.3) is 0 Å². The highest BCUT2D eigenvalue weighted by atomic mass is 16.5. The van der Waals surface area contributed by atoms with Crippen LogP contribution in [0, 0.1) is 0 Å². The number of rotatable bonds is 2. The second-order valence-electron chi connectivity index (χ2n) is 5.74. The van der Waals surface area contributed by atoms with Crippen molar-refractivity contribution in [3.63, 3.8) is 0 Å². The summed E-state index contributed by atoms with van der Waals surface area (Å²) in [4.78, 5) is 0. The Morgan fingerprint density at radius 3 is 2.04 bits per heavy atom. The largest absolute Gasteiger partial charge is 0.504 e. The first-order chi connectivity index (χ1) is 12.5. The third-order valence-electron chi connectivity index (χ3n) is 4.34. The van der Waals surface area contributed by atoms with Crippen molar-refractivity contribution >= 4 is 21.9 Å². The SMILES string of the molecule is COc1cccc2oc3c(-c4c(O)c(O)c(O)c(O)c4O)cccc3c12. The van der Waals surface area contributed by atoms with Crippen LogP contribution in [0.15, 0.2) is 40.8 Å². The number of para-hydroxylation sites is 1. The van der Waals surface area contributed by atoms with E-state index in [0.717, 1.165) is 0 Å². The summed E-state index contributed by atoms with van der Waals surface area (Å²) in [6.07, 6.45) is 0. The number of methoxy groups -OCH3 is 1. The molecule has 4 aromatic rings. The molecule has 4 rings (SSSR count). The summed E-state index contributed by atoms with van der Waals surface area (Å²) in [7, 11) is 1.53. The van der Waals surface area contributed by atoms with Crippen LogP contribution in [0.25, 0.3) is 33.1 Å². The van der Waals surface area contributed by atoms with E-state index in [4.69, 9.17) is 9.15 Å². The molecule has 0 aliphatic rings. The van der Waals surface area contributed by atoms with Gasteiger partial charge in [-0.1, -0.05) is 24.3 Å². The van der Waals surface area contributed by atoms with Crippen molar-refractivity contribution in [2.24, 2.45) is 0 Å². The molecule has 5 N–H and O–H groups in total. The summed E-state index contributed by atoms with van der Waals surface area (Å²) >= 11 is 0. The molecule has 132 valence electrons. The van der Waals surface area contributed by atoms with Crippen molar-refractivity contribution in [1.29, 1.82) is 0 Å². The minimum absolute atomic E-state index is 0.223. The molecular weight excluding hydrogens is 340 g/mol. The average Bonchev–Trinajstić information content (AvgIpc) is 3.04. The molecule has 0 spiro atoms. The number of fused-ring (bicyclic) bond motifs is 3. The number of hydrogen-bond acceptors (Lipinski definition) is 7. The van der Waals surface area contributed by atoms with Gasteiger partial charge in [-0.15, -0.1) is 0 Å². The second-order valence-corrected chi connectivity index (χ2v) is 5.74. The Labute approximate surface area is 146 Å². The summed E-state index contributed by atoms with van der Waals surface area (Å²) in [6, 6.07) is 10.3. The van der Waals surface area contributed by atoms with Gasteiger partial charge in [-0.3, -0.25) is 0 Å². The molecule has 0 radical (unpaired) electrons. The Kier molecular flexibility index (Phi) is 3.27. The molecule has 0 amide bonds. The lowest BCUT2D eigenvalue weighted by atomic mass is 9.99. The first-order valence-corrected chi connectivity index (χ1v) is 7.63. The standard InChI is InChI=1S/C19H14O7/c1-25-10-6-3-7-11-12(10)8-4-2-5-9(19(8)26-11)13-14(20)16(22)18(24)17(23)15(13)21/h2-7,20-24H,1H3. The maximum absolute atomic E-state index is 10.2. The number of benzene rings is 3. The summed E-state index contributed by atoms with van der Waals surface area (Å²) in [5, 5.41) is 51.0. The van der Waals surface area contributed by atoms with E-state index in [2.05, 4.69) is 0 Å². The predicted octanol–water partition coefficient (Wildman–Crippen LogP) is 3.79. The molecule has 0 bridgehead atoms. The fraction of sp³-hybridized carbons (Fsp3) is 0.0526. The van der Waals surface area contributed by atoms with Gasteiger partial charge in [0.1, 0.15) is 16.9 Å². The van der Waals surface area contributed by atoms with Gasteiger partial charge >= 0.3 is 0 Å². The van der Waals surface area contributed by atoms with Gasteiger partial charge in [-0.05, 0) is 12.1 Å². The molecule has 1 heterocycles. The predicted molar refractivity (Wildman–Crippen MR) is 94.0 cm³/mol. The third kappa shape index (κ3) is 1.94. The van der Waals surface area contributed by atoms with Crippen LogP contribution in [-0.4, -0.2) is 32.6 Å². The molecule has 0 atom stereocenters.